The van der Waals surface area contributed by atoms with Gasteiger partial charge in [0.25, 0.3) is 5.91 Å². The molecule has 2 aromatic carbocycles. The summed E-state index contributed by atoms with van der Waals surface area (Å²) in [5.41, 5.74) is 2.07. The summed E-state index contributed by atoms with van der Waals surface area (Å²) >= 11 is 7.83. The molecule has 0 saturated carbocycles. The number of rotatable bonds is 3. The van der Waals surface area contributed by atoms with Gasteiger partial charge in [0, 0.05) is 23.5 Å². The average molecular weight is 415 g/mol. The number of thioether (sulfide) groups is 1. The number of fused-ring (bicyclic) bond motifs is 1. The zero-order chi connectivity index (χ0) is 19.8. The predicted molar refractivity (Wildman–Crippen MR) is 110 cm³/mol. The van der Waals surface area contributed by atoms with Crippen LogP contribution in [0.4, 0.5) is 4.79 Å². The van der Waals surface area contributed by atoms with E-state index in [0.29, 0.717) is 16.7 Å². The largest absolute Gasteiger partial charge is 0.331 e. The number of carbonyl (C=O) groups is 2. The van der Waals surface area contributed by atoms with Crippen LogP contribution in [0.15, 0.2) is 58.4 Å². The van der Waals surface area contributed by atoms with Gasteiger partial charge in [0.2, 0.25) is 0 Å². The fourth-order valence-electron chi connectivity index (χ4n) is 3.27. The minimum absolute atomic E-state index is 0.344. The molecular weight excluding hydrogens is 396 g/mol. The molecule has 1 saturated heterocycles. The lowest BCUT2D eigenvalue weighted by Crippen LogP contribution is -2.63. The van der Waals surface area contributed by atoms with Gasteiger partial charge in [0.15, 0.2) is 17.4 Å². The lowest BCUT2D eigenvalue weighted by molar-refractivity contribution is -0.127. The highest BCUT2D eigenvalue weighted by molar-refractivity contribution is 8.13. The summed E-state index contributed by atoms with van der Waals surface area (Å²) in [6.07, 6.45) is -0.559. The van der Waals surface area contributed by atoms with Crippen LogP contribution in [0.3, 0.4) is 0 Å². The number of carbonyl (C=O) groups excluding carboxylic acids is 2. The van der Waals surface area contributed by atoms with Crippen LogP contribution < -0.4 is 5.32 Å². The Labute approximate surface area is 172 Å². The van der Waals surface area contributed by atoms with Crippen molar-refractivity contribution in [2.24, 2.45) is 4.99 Å². The Balaban J connectivity index is 1.69. The highest BCUT2D eigenvalue weighted by atomic mass is 35.5. The van der Waals surface area contributed by atoms with Gasteiger partial charge in [-0.2, -0.15) is 0 Å². The zero-order valence-electron chi connectivity index (χ0n) is 15.4. The average Bonchev–Trinajstić information content (AvgIpc) is 3.02. The number of aliphatic imine (C=N–C) groups is 1. The van der Waals surface area contributed by atoms with E-state index in [-0.39, 0.29) is 5.91 Å². The molecular formula is C20H19ClN4O2S. The van der Waals surface area contributed by atoms with Crippen LogP contribution >= 0.6 is 23.4 Å². The van der Waals surface area contributed by atoms with Crippen LogP contribution in [-0.2, 0) is 11.3 Å². The number of halogens is 1. The van der Waals surface area contributed by atoms with E-state index >= 15 is 0 Å². The number of amidine groups is 1. The monoisotopic (exact) mass is 414 g/mol. The molecule has 1 N–H and O–H groups in total. The van der Waals surface area contributed by atoms with Crippen molar-refractivity contribution >= 4 is 40.5 Å². The summed E-state index contributed by atoms with van der Waals surface area (Å²) in [4.78, 5) is 33.8. The van der Waals surface area contributed by atoms with E-state index in [0.717, 1.165) is 10.5 Å². The van der Waals surface area contributed by atoms with Gasteiger partial charge in [-0.3, -0.25) is 10.1 Å². The number of amides is 3. The number of nitrogens with one attached hydrogen (secondary N) is 1. The van der Waals surface area contributed by atoms with Gasteiger partial charge in [0.1, 0.15) is 0 Å². The molecule has 2 atom stereocenters. The van der Waals surface area contributed by atoms with Crippen molar-refractivity contribution in [3.8, 4) is 0 Å². The molecule has 3 amide bonds. The Morgan fingerprint density at radius 1 is 1.14 bits per heavy atom. The highest BCUT2D eigenvalue weighted by Crippen LogP contribution is 2.34. The van der Waals surface area contributed by atoms with Gasteiger partial charge in [-0.05, 0) is 30.7 Å². The summed E-state index contributed by atoms with van der Waals surface area (Å²) in [6.45, 7) is 2.46. The molecule has 1 fully saturated rings. The van der Waals surface area contributed by atoms with Crippen molar-refractivity contribution < 1.29 is 9.59 Å². The van der Waals surface area contributed by atoms with E-state index in [1.165, 1.54) is 22.2 Å². The fourth-order valence-corrected chi connectivity index (χ4v) is 4.41. The van der Waals surface area contributed by atoms with Crippen molar-refractivity contribution in [1.82, 2.24) is 15.1 Å². The quantitative estimate of drug-likeness (QED) is 0.834. The van der Waals surface area contributed by atoms with Crippen molar-refractivity contribution in [2.45, 2.75) is 30.6 Å². The Kier molecular flexibility index (Phi) is 5.03. The smallest absolute Gasteiger partial charge is 0.325 e. The van der Waals surface area contributed by atoms with Crippen molar-refractivity contribution in [1.29, 1.82) is 0 Å². The van der Waals surface area contributed by atoms with E-state index in [2.05, 4.69) is 5.32 Å². The molecule has 2 aliphatic rings. The van der Waals surface area contributed by atoms with Crippen LogP contribution in [0.2, 0.25) is 5.02 Å². The second-order valence-electron chi connectivity index (χ2n) is 6.81. The molecule has 0 spiro atoms. The molecule has 6 nitrogen and oxygen atoms in total. The maximum Gasteiger partial charge on any atom is 0.325 e. The van der Waals surface area contributed by atoms with Crippen LogP contribution in [-0.4, -0.2) is 46.2 Å². The zero-order valence-corrected chi connectivity index (χ0v) is 17.0. The molecule has 4 rings (SSSR count). The Bertz CT molecular complexity index is 963. The van der Waals surface area contributed by atoms with Gasteiger partial charge in [-0.25, -0.2) is 9.79 Å². The second kappa shape index (κ2) is 7.48. The number of hydrogen-bond donors (Lipinski definition) is 1. The number of likely N-dealkylation sites (N-methyl/N-ethyl adjacent to an activating group) is 1. The topological polar surface area (TPSA) is 65.0 Å². The Hall–Kier alpha value is -2.51. The first-order valence-corrected chi connectivity index (χ1v) is 10.0. The number of benzene rings is 2. The van der Waals surface area contributed by atoms with E-state index in [1.54, 1.807) is 7.05 Å². The molecule has 144 valence electrons. The Morgan fingerprint density at radius 2 is 1.86 bits per heavy atom. The van der Waals surface area contributed by atoms with Crippen LogP contribution in [0.5, 0.6) is 0 Å². The minimum Gasteiger partial charge on any atom is -0.331 e. The lowest BCUT2D eigenvalue weighted by Gasteiger charge is -2.36. The normalized spacial score (nSPS) is 21.5. The second-order valence-corrected chi connectivity index (χ2v) is 8.26. The predicted octanol–water partition coefficient (Wildman–Crippen LogP) is 3.49. The van der Waals surface area contributed by atoms with Crippen LogP contribution in [0.25, 0.3) is 0 Å². The van der Waals surface area contributed by atoms with Crippen LogP contribution in [0.1, 0.15) is 11.1 Å². The fraction of sp³-hybridized carbons (Fsp3) is 0.250. The molecule has 2 aliphatic heterocycles. The third-order valence-corrected chi connectivity index (χ3v) is 6.25. The van der Waals surface area contributed by atoms with Gasteiger partial charge in [-0.1, -0.05) is 59.3 Å². The lowest BCUT2D eigenvalue weighted by atomic mass is 10.1. The third-order valence-electron chi connectivity index (χ3n) is 4.85. The summed E-state index contributed by atoms with van der Waals surface area (Å²) in [6, 6.07) is 14.6. The molecule has 0 bridgehead atoms. The van der Waals surface area contributed by atoms with E-state index in [9.17, 15) is 9.59 Å². The minimum atomic E-state index is -0.591. The number of hydrogen-bond acceptors (Lipinski definition) is 5. The molecule has 28 heavy (non-hydrogen) atoms. The maximum atomic E-state index is 12.6. The molecule has 2 aromatic rings. The van der Waals surface area contributed by atoms with Gasteiger partial charge in [-0.15, -0.1) is 0 Å². The van der Waals surface area contributed by atoms with E-state index < -0.39 is 18.2 Å². The molecule has 0 aromatic heterocycles. The summed E-state index contributed by atoms with van der Waals surface area (Å²) in [7, 11) is 1.65. The summed E-state index contributed by atoms with van der Waals surface area (Å²) in [5.74, 6) is -0.344. The standard InChI is InChI=1S/C20H19ClN4O2S/c1-12-7-9-14(10-8-12)28-20-22-17-16(18(26)23-19(27)24(17)2)25(20)11-13-5-3-4-6-15(13)21/h3-10,16-17H,11H2,1-2H3,(H,23,26,27). The van der Waals surface area contributed by atoms with E-state index in [1.807, 2.05) is 60.4 Å². The van der Waals surface area contributed by atoms with Crippen molar-refractivity contribution in [2.75, 3.05) is 7.05 Å². The van der Waals surface area contributed by atoms with Gasteiger partial charge in [0.05, 0.1) is 0 Å². The first kappa shape index (κ1) is 18.8. The maximum absolute atomic E-state index is 12.6. The van der Waals surface area contributed by atoms with E-state index in [4.69, 9.17) is 16.6 Å². The number of imide groups is 1. The Morgan fingerprint density at radius 3 is 2.57 bits per heavy atom. The number of aryl methyl sites for hydroxylation is 1. The highest BCUT2D eigenvalue weighted by Gasteiger charge is 2.48. The first-order valence-electron chi connectivity index (χ1n) is 8.84. The molecule has 0 radical (unpaired) electrons. The first-order chi connectivity index (χ1) is 13.4. The number of nitrogens with zero attached hydrogens (tertiary/aromatic N) is 3. The molecule has 8 heteroatoms. The SMILES string of the molecule is Cc1ccc(SC2=NC3C(C(=O)NC(=O)N3C)N2Cc2ccccc2Cl)cc1. The molecule has 2 unspecified atom stereocenters. The van der Waals surface area contributed by atoms with Gasteiger partial charge < -0.3 is 9.80 Å². The van der Waals surface area contributed by atoms with Crippen LogP contribution in [0, 0.1) is 6.92 Å². The number of urea groups is 1. The summed E-state index contributed by atoms with van der Waals surface area (Å²) < 4.78 is 0. The van der Waals surface area contributed by atoms with Crippen molar-refractivity contribution in [3.05, 3.63) is 64.7 Å². The van der Waals surface area contributed by atoms with Crippen molar-refractivity contribution in [3.63, 3.8) is 0 Å². The third kappa shape index (κ3) is 3.47. The molecule has 2 heterocycles. The molecule has 0 aliphatic carbocycles. The van der Waals surface area contributed by atoms with Gasteiger partial charge >= 0.3 is 6.03 Å². The summed E-state index contributed by atoms with van der Waals surface area (Å²) in [5, 5.41) is 3.73.